The first-order chi connectivity index (χ1) is 7.74. The van der Waals surface area contributed by atoms with Crippen LogP contribution in [-0.2, 0) is 14.9 Å². The van der Waals surface area contributed by atoms with Gasteiger partial charge in [0.05, 0.1) is 18.4 Å². The Balaban J connectivity index is 0. The highest BCUT2D eigenvalue weighted by molar-refractivity contribution is 7.85. The fraction of sp³-hybridized carbons (Fsp3) is 0.364. The van der Waals surface area contributed by atoms with E-state index >= 15 is 0 Å². The Morgan fingerprint density at radius 2 is 1.94 bits per heavy atom. The first-order valence-electron chi connectivity index (χ1n) is 4.69. The molecule has 0 spiro atoms. The Morgan fingerprint density at radius 1 is 1.44 bits per heavy atom. The third kappa shape index (κ3) is 10.9. The van der Waals surface area contributed by atoms with E-state index in [0.717, 1.165) is 0 Å². The minimum Gasteiger partial charge on any atom is -0.462 e. The average molecular weight is 277 g/mol. The van der Waals surface area contributed by atoms with Crippen molar-refractivity contribution < 1.29 is 22.5 Å². The molecule has 0 atom stereocenters. The molecule has 0 aliphatic carbocycles. The van der Waals surface area contributed by atoms with Gasteiger partial charge in [0, 0.05) is 5.69 Å². The predicted molar refractivity (Wildman–Crippen MR) is 71.0 cm³/mol. The van der Waals surface area contributed by atoms with Gasteiger partial charge in [-0.3, -0.25) is 4.55 Å². The van der Waals surface area contributed by atoms with E-state index in [4.69, 9.17) is 15.0 Å². The number of hydrogen-bond donors (Lipinski definition) is 2. The monoisotopic (exact) mass is 277 g/mol. The summed E-state index contributed by atoms with van der Waals surface area (Å²) in [7, 11) is -3.67. The summed E-state index contributed by atoms with van der Waals surface area (Å²) in [4.78, 5) is 11.1. The molecule has 104 valence electrons. The number of benzene rings is 1. The normalized spacial score (nSPS) is 9.50. The van der Waals surface area contributed by atoms with E-state index in [0.29, 0.717) is 24.1 Å². The Morgan fingerprint density at radius 3 is 2.33 bits per heavy atom. The van der Waals surface area contributed by atoms with Crippen molar-refractivity contribution in [2.24, 2.45) is 0 Å². The molecule has 3 N–H and O–H groups in total. The van der Waals surface area contributed by atoms with Gasteiger partial charge in [0.25, 0.3) is 10.1 Å². The maximum absolute atomic E-state index is 11.1. The Hall–Kier alpha value is -1.60. The number of esters is 1. The number of nitrogen functional groups attached to an aromatic ring is 1. The highest BCUT2D eigenvalue weighted by Gasteiger charge is 2.04. The lowest BCUT2D eigenvalue weighted by atomic mass is 10.2. The fourth-order valence-corrected chi connectivity index (χ4v) is 0.880. The minimum atomic E-state index is -3.67. The number of nitrogens with two attached hydrogens (primary N) is 1. The van der Waals surface area contributed by atoms with Gasteiger partial charge < -0.3 is 10.5 Å². The molecule has 0 amide bonds. The molecular weight excluding hydrogens is 258 g/mol. The number of rotatable bonds is 2. The number of anilines is 1. The van der Waals surface area contributed by atoms with Crippen molar-refractivity contribution in [3.8, 4) is 0 Å². The zero-order valence-electron chi connectivity index (χ0n) is 9.58. The maximum atomic E-state index is 11.1. The second-order valence-corrected chi connectivity index (χ2v) is 4.54. The van der Waals surface area contributed by atoms with Gasteiger partial charge in [-0.15, -0.1) is 0 Å². The zero-order valence-corrected chi connectivity index (χ0v) is 10.4. The third-order valence-corrected chi connectivity index (χ3v) is 1.40. The van der Waals surface area contributed by atoms with Crippen LogP contribution in [0.3, 0.4) is 0 Å². The molecule has 0 heterocycles. The molecule has 0 bridgehead atoms. The van der Waals surface area contributed by atoms with Crippen LogP contribution < -0.4 is 5.73 Å². The number of hydrogen-bond acceptors (Lipinski definition) is 5. The van der Waals surface area contributed by atoms with Gasteiger partial charge in [-0.25, -0.2) is 4.79 Å². The molecule has 0 aliphatic heterocycles. The van der Waals surface area contributed by atoms with E-state index in [9.17, 15) is 13.2 Å². The number of ether oxygens (including phenoxy) is 1. The van der Waals surface area contributed by atoms with Gasteiger partial charge in [0.15, 0.2) is 0 Å². The average Bonchev–Trinajstić information content (AvgIpc) is 2.15. The lowest BCUT2D eigenvalue weighted by molar-refractivity contribution is 0.0526. The van der Waals surface area contributed by atoms with E-state index in [1.165, 1.54) is 0 Å². The van der Waals surface area contributed by atoms with Crippen LogP contribution in [0.25, 0.3) is 0 Å². The molecule has 0 unspecified atom stereocenters. The molecule has 18 heavy (non-hydrogen) atoms. The maximum Gasteiger partial charge on any atom is 0.338 e. The van der Waals surface area contributed by atoms with E-state index in [1.807, 2.05) is 0 Å². The van der Waals surface area contributed by atoms with E-state index in [1.54, 1.807) is 31.2 Å². The van der Waals surface area contributed by atoms with Crippen LogP contribution in [0.2, 0.25) is 0 Å². The summed E-state index contributed by atoms with van der Waals surface area (Å²) in [6, 6.07) is 6.72. The molecule has 6 nitrogen and oxygen atoms in total. The molecule has 1 rings (SSSR count). The highest BCUT2D eigenvalue weighted by atomic mass is 32.2. The summed E-state index contributed by atoms with van der Waals surface area (Å²) in [5.74, 6) is -0.329. The first kappa shape index (κ1) is 18.8. The Bertz CT molecular complexity index is 462. The standard InChI is InChI=1S/C9H11NO2.CH4O3S.CH4/c1-2-12-9(11)7-4-3-5-8(10)6-7;1-5(2,3)4;/h3-6H,2,10H2,1H3;1H3,(H,2,3,4);1H4. The van der Waals surface area contributed by atoms with Crippen LogP contribution in [0.4, 0.5) is 5.69 Å². The number of carbonyl (C=O) groups excluding carboxylic acids is 1. The predicted octanol–water partition coefficient (Wildman–Crippen LogP) is 1.59. The van der Waals surface area contributed by atoms with Crippen LogP contribution in [0.1, 0.15) is 24.7 Å². The summed E-state index contributed by atoms with van der Waals surface area (Å²) in [5, 5.41) is 0. The Labute approximate surface area is 108 Å². The summed E-state index contributed by atoms with van der Waals surface area (Å²) in [6.45, 7) is 2.15. The molecule has 1 aromatic rings. The molecule has 0 saturated heterocycles. The van der Waals surface area contributed by atoms with Gasteiger partial charge in [-0.2, -0.15) is 8.42 Å². The van der Waals surface area contributed by atoms with Gasteiger partial charge in [-0.1, -0.05) is 13.5 Å². The lowest BCUT2D eigenvalue weighted by Gasteiger charge is -2.01. The van der Waals surface area contributed by atoms with E-state index in [2.05, 4.69) is 0 Å². The van der Waals surface area contributed by atoms with Crippen molar-refractivity contribution >= 4 is 21.8 Å². The van der Waals surface area contributed by atoms with E-state index < -0.39 is 10.1 Å². The van der Waals surface area contributed by atoms with Crippen LogP contribution in [0.15, 0.2) is 24.3 Å². The van der Waals surface area contributed by atoms with Crippen LogP contribution in [0.5, 0.6) is 0 Å². The van der Waals surface area contributed by atoms with Crippen molar-refractivity contribution in [2.45, 2.75) is 14.4 Å². The van der Waals surface area contributed by atoms with Crippen LogP contribution >= 0.6 is 0 Å². The van der Waals surface area contributed by atoms with Crippen molar-refractivity contribution in [3.63, 3.8) is 0 Å². The molecule has 0 saturated carbocycles. The van der Waals surface area contributed by atoms with Crippen molar-refractivity contribution in [2.75, 3.05) is 18.6 Å². The molecule has 0 radical (unpaired) electrons. The molecule has 0 aliphatic rings. The smallest absolute Gasteiger partial charge is 0.338 e. The first-order valence-corrected chi connectivity index (χ1v) is 6.54. The zero-order chi connectivity index (χ0) is 13.5. The van der Waals surface area contributed by atoms with Gasteiger partial charge in [-0.05, 0) is 25.1 Å². The molecule has 7 heteroatoms. The Kier molecular flexibility index (Phi) is 8.84. The molecule has 1 aromatic carbocycles. The summed E-state index contributed by atoms with van der Waals surface area (Å²) in [5.41, 5.74) is 6.55. The fourth-order valence-electron chi connectivity index (χ4n) is 0.880. The molecule has 0 aromatic heterocycles. The minimum absolute atomic E-state index is 0. The molecule has 0 fully saturated rings. The number of carbonyl (C=O) groups is 1. The van der Waals surface area contributed by atoms with E-state index in [-0.39, 0.29) is 13.4 Å². The third-order valence-electron chi connectivity index (χ3n) is 1.40. The summed E-state index contributed by atoms with van der Waals surface area (Å²) in [6.07, 6.45) is 0.715. The largest absolute Gasteiger partial charge is 0.462 e. The van der Waals surface area contributed by atoms with Gasteiger partial charge >= 0.3 is 5.97 Å². The second kappa shape index (κ2) is 8.48. The topological polar surface area (TPSA) is 107 Å². The van der Waals surface area contributed by atoms with Crippen molar-refractivity contribution in [3.05, 3.63) is 29.8 Å². The van der Waals surface area contributed by atoms with Gasteiger partial charge in [0.2, 0.25) is 0 Å². The SMILES string of the molecule is C.CCOC(=O)c1cccc(N)c1.CS(=O)(=O)O. The summed E-state index contributed by atoms with van der Waals surface area (Å²) < 4.78 is 30.7. The molecular formula is C11H19NO5S. The van der Waals surface area contributed by atoms with Crippen LogP contribution in [0, 0.1) is 0 Å². The summed E-state index contributed by atoms with van der Waals surface area (Å²) >= 11 is 0. The highest BCUT2D eigenvalue weighted by Crippen LogP contribution is 2.07. The quantitative estimate of drug-likeness (QED) is 0.483. The van der Waals surface area contributed by atoms with Crippen molar-refractivity contribution in [1.29, 1.82) is 0 Å². The van der Waals surface area contributed by atoms with Crippen LogP contribution in [-0.4, -0.2) is 31.8 Å². The van der Waals surface area contributed by atoms with Crippen molar-refractivity contribution in [1.82, 2.24) is 0 Å². The lowest BCUT2D eigenvalue weighted by Crippen LogP contribution is -2.04. The second-order valence-electron chi connectivity index (χ2n) is 3.08. The van der Waals surface area contributed by atoms with Gasteiger partial charge in [0.1, 0.15) is 0 Å².